The lowest BCUT2D eigenvalue weighted by Crippen LogP contribution is -2.61. The fourth-order valence-corrected chi connectivity index (χ4v) is 1.65. The summed E-state index contributed by atoms with van der Waals surface area (Å²) in [4.78, 5) is 11.7. The molecule has 1 aromatic carbocycles. The third-order valence-corrected chi connectivity index (χ3v) is 2.71. The molecule has 1 aliphatic heterocycles. The maximum atomic E-state index is 13.3. The number of ether oxygens (including phenoxy) is 1. The van der Waals surface area contributed by atoms with E-state index in [1.165, 1.54) is 18.2 Å². The molecule has 0 aromatic heterocycles. The number of hydrogen-bond donors (Lipinski definition) is 2. The minimum Gasteiger partial charge on any atom is -0.481 e. The summed E-state index contributed by atoms with van der Waals surface area (Å²) < 4.78 is 56.3. The molecule has 0 fully saturated rings. The number of benzene rings is 1. The number of alkyl halides is 3. The van der Waals surface area contributed by atoms with Gasteiger partial charge in [-0.1, -0.05) is 12.1 Å². The van der Waals surface area contributed by atoms with Crippen LogP contribution in [-0.4, -0.2) is 34.5 Å². The van der Waals surface area contributed by atoms with Gasteiger partial charge in [-0.2, -0.15) is 13.2 Å². The quantitative estimate of drug-likeness (QED) is 0.827. The number of rotatable bonds is 3. The molecule has 2 rings (SSSR count). The van der Waals surface area contributed by atoms with Crippen LogP contribution in [0.1, 0.15) is 0 Å². The molecule has 0 unspecified atom stereocenters. The zero-order valence-electron chi connectivity index (χ0n) is 10.4. The summed E-state index contributed by atoms with van der Waals surface area (Å²) in [5, 5.41) is 9.48. The highest BCUT2D eigenvalue weighted by Gasteiger charge is 2.60. The summed E-state index contributed by atoms with van der Waals surface area (Å²) in [6.45, 7) is -0.881. The Balaban J connectivity index is 2.06. The third-order valence-electron chi connectivity index (χ3n) is 2.71. The molecule has 0 bridgehead atoms. The minimum atomic E-state index is -5.10. The Morgan fingerprint density at radius 1 is 1.38 bits per heavy atom. The normalized spacial score (nSPS) is 21.3. The number of para-hydroxylation sites is 1. The molecule has 1 atom stereocenters. The Labute approximate surface area is 116 Å². The highest BCUT2D eigenvalue weighted by Crippen LogP contribution is 2.35. The number of nitrogens with zero attached hydrogens (tertiary/aromatic N) is 1. The van der Waals surface area contributed by atoms with Crippen molar-refractivity contribution in [1.82, 2.24) is 10.4 Å². The predicted molar refractivity (Wildman–Crippen MR) is 62.0 cm³/mol. The molecule has 0 radical (unpaired) electrons. The van der Waals surface area contributed by atoms with E-state index in [4.69, 9.17) is 4.74 Å². The average molecular weight is 306 g/mol. The van der Waals surface area contributed by atoms with Crippen LogP contribution >= 0.6 is 0 Å². The van der Waals surface area contributed by atoms with E-state index in [0.29, 0.717) is 6.08 Å². The summed E-state index contributed by atoms with van der Waals surface area (Å²) in [5.74, 6) is -2.26. The fourth-order valence-electron chi connectivity index (χ4n) is 1.65. The lowest BCUT2D eigenvalue weighted by atomic mass is 10.2. The second-order valence-corrected chi connectivity index (χ2v) is 4.13. The van der Waals surface area contributed by atoms with Crippen molar-refractivity contribution in [3.63, 3.8) is 0 Å². The van der Waals surface area contributed by atoms with Gasteiger partial charge >= 0.3 is 6.18 Å². The monoisotopic (exact) mass is 306 g/mol. The van der Waals surface area contributed by atoms with Gasteiger partial charge in [-0.3, -0.25) is 4.79 Å². The first-order valence-electron chi connectivity index (χ1n) is 5.69. The first kappa shape index (κ1) is 15.1. The number of carbonyl (C=O) groups is 1. The second kappa shape index (κ2) is 5.24. The summed E-state index contributed by atoms with van der Waals surface area (Å²) in [6.07, 6.45) is -3.94. The standard InChI is InChI=1S/C12H10F4N2O3/c13-8-3-1-2-4-9(8)21-7-10(19)18-11(20,5-6-17-18)12(14,15)16/h1-6,17,20H,7H2/t11-/m0/s1. The van der Waals surface area contributed by atoms with E-state index in [9.17, 15) is 27.5 Å². The van der Waals surface area contributed by atoms with Crippen LogP contribution in [0.2, 0.25) is 0 Å². The molecule has 0 saturated carbocycles. The molecule has 1 aliphatic rings. The van der Waals surface area contributed by atoms with Crippen LogP contribution in [0, 0.1) is 5.82 Å². The van der Waals surface area contributed by atoms with Gasteiger partial charge in [-0.25, -0.2) is 9.40 Å². The summed E-state index contributed by atoms with van der Waals surface area (Å²) in [6, 6.07) is 5.11. The number of nitrogens with one attached hydrogen (secondary N) is 1. The van der Waals surface area contributed by atoms with E-state index >= 15 is 0 Å². The van der Waals surface area contributed by atoms with Crippen molar-refractivity contribution in [1.29, 1.82) is 0 Å². The molecule has 21 heavy (non-hydrogen) atoms. The van der Waals surface area contributed by atoms with Crippen molar-refractivity contribution >= 4 is 5.91 Å². The van der Waals surface area contributed by atoms with E-state index in [1.807, 2.05) is 5.43 Å². The van der Waals surface area contributed by atoms with Crippen molar-refractivity contribution < 1.29 is 32.2 Å². The second-order valence-electron chi connectivity index (χ2n) is 4.13. The zero-order valence-corrected chi connectivity index (χ0v) is 10.4. The third kappa shape index (κ3) is 2.77. The van der Waals surface area contributed by atoms with E-state index in [-0.39, 0.29) is 10.8 Å². The molecule has 9 heteroatoms. The molecule has 2 N–H and O–H groups in total. The van der Waals surface area contributed by atoms with Crippen molar-refractivity contribution in [2.24, 2.45) is 0 Å². The molecule has 0 saturated heterocycles. The number of carbonyl (C=O) groups excluding carboxylic acids is 1. The van der Waals surface area contributed by atoms with Crippen LogP contribution in [0.3, 0.4) is 0 Å². The summed E-state index contributed by atoms with van der Waals surface area (Å²) >= 11 is 0. The molecule has 1 amide bonds. The van der Waals surface area contributed by atoms with Crippen LogP contribution in [0.4, 0.5) is 17.6 Å². The van der Waals surface area contributed by atoms with Crippen molar-refractivity contribution in [3.05, 3.63) is 42.4 Å². The maximum absolute atomic E-state index is 13.3. The Morgan fingerprint density at radius 3 is 2.67 bits per heavy atom. The Morgan fingerprint density at radius 2 is 2.05 bits per heavy atom. The summed E-state index contributed by atoms with van der Waals surface area (Å²) in [5.41, 5.74) is -1.51. The van der Waals surface area contributed by atoms with E-state index < -0.39 is 30.2 Å². The molecule has 5 nitrogen and oxygen atoms in total. The highest BCUT2D eigenvalue weighted by molar-refractivity contribution is 5.79. The van der Waals surface area contributed by atoms with E-state index in [1.54, 1.807) is 0 Å². The van der Waals surface area contributed by atoms with Gasteiger partial charge in [-0.15, -0.1) is 0 Å². The Bertz CT molecular complexity index is 576. The smallest absolute Gasteiger partial charge is 0.442 e. The largest absolute Gasteiger partial charge is 0.481 e. The van der Waals surface area contributed by atoms with Gasteiger partial charge < -0.3 is 15.3 Å². The SMILES string of the molecule is O=C(COc1ccccc1F)N1NC=C[C@]1(O)C(F)(F)F. The molecular formula is C12H10F4N2O3. The lowest BCUT2D eigenvalue weighted by Gasteiger charge is -2.33. The first-order chi connectivity index (χ1) is 9.75. The summed E-state index contributed by atoms with van der Waals surface area (Å²) in [7, 11) is 0. The van der Waals surface area contributed by atoms with Crippen LogP contribution in [-0.2, 0) is 4.79 Å². The van der Waals surface area contributed by atoms with Crippen LogP contribution in [0.25, 0.3) is 0 Å². The van der Waals surface area contributed by atoms with Gasteiger partial charge in [0.25, 0.3) is 11.6 Å². The fraction of sp³-hybridized carbons (Fsp3) is 0.250. The van der Waals surface area contributed by atoms with E-state index in [2.05, 4.69) is 0 Å². The van der Waals surface area contributed by atoms with Gasteiger partial charge in [0.1, 0.15) is 0 Å². The van der Waals surface area contributed by atoms with Crippen molar-refractivity contribution in [3.8, 4) is 5.75 Å². The van der Waals surface area contributed by atoms with Crippen LogP contribution in [0.5, 0.6) is 5.75 Å². The van der Waals surface area contributed by atoms with Gasteiger partial charge in [0.2, 0.25) is 0 Å². The van der Waals surface area contributed by atoms with Crippen molar-refractivity contribution in [2.45, 2.75) is 11.9 Å². The molecule has 1 heterocycles. The minimum absolute atomic E-state index is 0.0339. The first-order valence-corrected chi connectivity index (χ1v) is 5.69. The van der Waals surface area contributed by atoms with Crippen molar-refractivity contribution in [2.75, 3.05) is 6.61 Å². The van der Waals surface area contributed by atoms with Gasteiger partial charge in [0.05, 0.1) is 0 Å². The molecule has 0 aliphatic carbocycles. The predicted octanol–water partition coefficient (Wildman–Crippen LogP) is 1.32. The van der Waals surface area contributed by atoms with E-state index in [0.717, 1.165) is 12.3 Å². The molecule has 1 aromatic rings. The average Bonchev–Trinajstić information content (AvgIpc) is 2.80. The van der Waals surface area contributed by atoms with Gasteiger partial charge in [-0.05, 0) is 18.2 Å². The number of amides is 1. The Kier molecular flexibility index (Phi) is 3.77. The topological polar surface area (TPSA) is 61.8 Å². The van der Waals surface area contributed by atoms with Gasteiger partial charge in [0.15, 0.2) is 18.2 Å². The number of hydrazine groups is 1. The Hall–Kier alpha value is -2.29. The maximum Gasteiger partial charge on any atom is 0.442 e. The van der Waals surface area contributed by atoms with Crippen LogP contribution < -0.4 is 10.2 Å². The zero-order chi connectivity index (χ0) is 15.7. The number of hydrogen-bond acceptors (Lipinski definition) is 4. The lowest BCUT2D eigenvalue weighted by molar-refractivity contribution is -0.289. The molecule has 0 spiro atoms. The highest BCUT2D eigenvalue weighted by atomic mass is 19.4. The number of halogens is 4. The molecule has 114 valence electrons. The molecular weight excluding hydrogens is 296 g/mol. The van der Waals surface area contributed by atoms with Gasteiger partial charge in [0, 0.05) is 6.20 Å². The van der Waals surface area contributed by atoms with Crippen LogP contribution in [0.15, 0.2) is 36.5 Å². The number of aliphatic hydroxyl groups is 1.